The molecule has 0 aliphatic heterocycles. The van der Waals surface area contributed by atoms with Crippen molar-refractivity contribution in [2.24, 2.45) is 0 Å². The van der Waals surface area contributed by atoms with Crippen LogP contribution in [0, 0.1) is 11.3 Å². The smallest absolute Gasteiger partial charge is 0.0991 e. The Balaban J connectivity index is 1.02. The molecule has 0 bridgehead atoms. The molecule has 0 spiro atoms. The molecule has 11 aromatic rings. The SMILES string of the molecule is N#Cc1ccc(N(c2ccc(-c3cc4ccc5cc(-c6cccnc6)cc6ccc(c3)c4c56)cc2)c2ccc3c4ccccc4n(-c4ccccc4)c3c2)cc1. The summed E-state index contributed by atoms with van der Waals surface area (Å²) >= 11 is 0. The average Bonchev–Trinajstić information content (AvgIpc) is 3.60. The maximum absolute atomic E-state index is 9.61. The number of rotatable bonds is 6. The predicted octanol–water partition coefficient (Wildman–Crippen LogP) is 13.8. The number of aromatic nitrogens is 2. The predicted molar refractivity (Wildman–Crippen MR) is 233 cm³/mol. The van der Waals surface area contributed by atoms with Gasteiger partial charge in [-0.3, -0.25) is 4.98 Å². The number of benzene rings is 9. The summed E-state index contributed by atoms with van der Waals surface area (Å²) in [5, 5.41) is 19.6. The highest BCUT2D eigenvalue weighted by Gasteiger charge is 2.18. The lowest BCUT2D eigenvalue weighted by Gasteiger charge is -2.26. The van der Waals surface area contributed by atoms with E-state index in [0.29, 0.717) is 5.56 Å². The topological polar surface area (TPSA) is 44.9 Å². The maximum atomic E-state index is 9.61. The Kier molecular flexibility index (Phi) is 7.20. The van der Waals surface area contributed by atoms with Crippen molar-refractivity contribution in [3.05, 3.63) is 200 Å². The van der Waals surface area contributed by atoms with E-state index in [0.717, 1.165) is 39.4 Å². The molecule has 0 aliphatic rings. The Morgan fingerprint density at radius 2 is 1.02 bits per heavy atom. The van der Waals surface area contributed by atoms with Gasteiger partial charge in [-0.05, 0) is 146 Å². The number of hydrogen-bond acceptors (Lipinski definition) is 3. The molecule has 0 atom stereocenters. The second-order valence-electron chi connectivity index (χ2n) is 14.4. The van der Waals surface area contributed by atoms with E-state index < -0.39 is 0 Å². The van der Waals surface area contributed by atoms with Gasteiger partial charge in [-0.15, -0.1) is 0 Å². The van der Waals surface area contributed by atoms with E-state index in [1.54, 1.807) is 0 Å². The third-order valence-corrected chi connectivity index (χ3v) is 11.2. The second-order valence-corrected chi connectivity index (χ2v) is 14.4. The highest BCUT2D eigenvalue weighted by Crippen LogP contribution is 2.42. The Labute approximate surface area is 323 Å². The first-order valence-electron chi connectivity index (χ1n) is 18.8. The molecular weight excluding hydrogens is 681 g/mol. The van der Waals surface area contributed by atoms with Gasteiger partial charge in [0.05, 0.1) is 22.7 Å². The first kappa shape index (κ1) is 31.8. The van der Waals surface area contributed by atoms with Crippen LogP contribution in [-0.2, 0) is 0 Å². The minimum atomic E-state index is 0.631. The van der Waals surface area contributed by atoms with Crippen molar-refractivity contribution in [3.8, 4) is 34.0 Å². The normalized spacial score (nSPS) is 11.6. The quantitative estimate of drug-likeness (QED) is 0.161. The number of nitriles is 1. The van der Waals surface area contributed by atoms with E-state index in [-0.39, 0.29) is 0 Å². The summed E-state index contributed by atoms with van der Waals surface area (Å²) in [5.74, 6) is 0. The first-order chi connectivity index (χ1) is 27.7. The van der Waals surface area contributed by atoms with Crippen LogP contribution in [0.15, 0.2) is 194 Å². The molecule has 0 saturated carbocycles. The van der Waals surface area contributed by atoms with Crippen LogP contribution in [0.3, 0.4) is 0 Å². The van der Waals surface area contributed by atoms with Crippen LogP contribution in [0.4, 0.5) is 17.1 Å². The van der Waals surface area contributed by atoms with Crippen LogP contribution in [0.25, 0.3) is 82.1 Å². The summed E-state index contributed by atoms with van der Waals surface area (Å²) in [7, 11) is 0. The molecule has 2 aromatic heterocycles. The van der Waals surface area contributed by atoms with Crippen LogP contribution in [-0.4, -0.2) is 9.55 Å². The van der Waals surface area contributed by atoms with E-state index in [4.69, 9.17) is 0 Å². The summed E-state index contributed by atoms with van der Waals surface area (Å²) in [4.78, 5) is 6.62. The van der Waals surface area contributed by atoms with Crippen molar-refractivity contribution in [3.63, 3.8) is 0 Å². The van der Waals surface area contributed by atoms with Crippen LogP contribution < -0.4 is 4.90 Å². The van der Waals surface area contributed by atoms with Gasteiger partial charge < -0.3 is 9.47 Å². The van der Waals surface area contributed by atoms with Crippen molar-refractivity contribution < 1.29 is 0 Å². The Hall–Kier alpha value is -7.74. The van der Waals surface area contributed by atoms with Gasteiger partial charge in [-0.25, -0.2) is 0 Å². The third kappa shape index (κ3) is 5.10. The Morgan fingerprint density at radius 1 is 0.446 bits per heavy atom. The zero-order chi connectivity index (χ0) is 37.2. The van der Waals surface area contributed by atoms with Gasteiger partial charge in [-0.1, -0.05) is 84.9 Å². The monoisotopic (exact) mass is 712 g/mol. The van der Waals surface area contributed by atoms with Gasteiger partial charge in [0.15, 0.2) is 0 Å². The molecule has 0 fully saturated rings. The molecular formula is C52H32N4. The van der Waals surface area contributed by atoms with E-state index in [1.165, 1.54) is 59.7 Å². The fourth-order valence-electron chi connectivity index (χ4n) is 8.59. The average molecular weight is 713 g/mol. The first-order valence-corrected chi connectivity index (χ1v) is 18.8. The maximum Gasteiger partial charge on any atom is 0.0991 e. The van der Waals surface area contributed by atoms with Gasteiger partial charge in [0.2, 0.25) is 0 Å². The highest BCUT2D eigenvalue weighted by atomic mass is 15.1. The molecule has 4 nitrogen and oxygen atoms in total. The minimum Gasteiger partial charge on any atom is -0.310 e. The molecule has 0 unspecified atom stereocenters. The van der Waals surface area contributed by atoms with Crippen molar-refractivity contribution in [1.29, 1.82) is 5.26 Å². The number of nitrogens with zero attached hydrogens (tertiary/aromatic N) is 4. The highest BCUT2D eigenvalue weighted by molar-refractivity contribution is 6.24. The summed E-state index contributed by atoms with van der Waals surface area (Å²) in [5.41, 5.74) is 11.7. The molecule has 2 heterocycles. The number of hydrogen-bond donors (Lipinski definition) is 0. The van der Waals surface area contributed by atoms with Gasteiger partial charge in [0.25, 0.3) is 0 Å². The largest absolute Gasteiger partial charge is 0.310 e. The van der Waals surface area contributed by atoms with E-state index in [1.807, 2.05) is 42.7 Å². The number of para-hydroxylation sites is 2. The lowest BCUT2D eigenvalue weighted by molar-refractivity contribution is 1.18. The number of pyridine rings is 1. The van der Waals surface area contributed by atoms with Crippen LogP contribution in [0.2, 0.25) is 0 Å². The summed E-state index contributed by atoms with van der Waals surface area (Å²) in [6.07, 6.45) is 3.75. The lowest BCUT2D eigenvalue weighted by Crippen LogP contribution is -2.10. The molecule has 11 rings (SSSR count). The van der Waals surface area contributed by atoms with E-state index in [9.17, 15) is 5.26 Å². The lowest BCUT2D eigenvalue weighted by atomic mass is 9.89. The fourth-order valence-corrected chi connectivity index (χ4v) is 8.59. The molecule has 260 valence electrons. The molecule has 0 radical (unpaired) electrons. The van der Waals surface area contributed by atoms with Crippen molar-refractivity contribution in [2.75, 3.05) is 4.90 Å². The summed E-state index contributed by atoms with van der Waals surface area (Å²) < 4.78 is 2.35. The number of anilines is 3. The van der Waals surface area contributed by atoms with Crippen molar-refractivity contribution >= 4 is 71.2 Å². The van der Waals surface area contributed by atoms with Gasteiger partial charge in [0.1, 0.15) is 0 Å². The van der Waals surface area contributed by atoms with Gasteiger partial charge >= 0.3 is 0 Å². The fraction of sp³-hybridized carbons (Fsp3) is 0. The third-order valence-electron chi connectivity index (χ3n) is 11.2. The number of fused-ring (bicyclic) bond motifs is 3. The molecule has 56 heavy (non-hydrogen) atoms. The van der Waals surface area contributed by atoms with E-state index in [2.05, 4.69) is 172 Å². The van der Waals surface area contributed by atoms with Crippen molar-refractivity contribution in [2.45, 2.75) is 0 Å². The Bertz CT molecular complexity index is 3220. The zero-order valence-corrected chi connectivity index (χ0v) is 30.3. The summed E-state index contributed by atoms with van der Waals surface area (Å²) in [6, 6.07) is 67.2. The zero-order valence-electron chi connectivity index (χ0n) is 30.3. The molecule has 0 saturated heterocycles. The molecule has 9 aromatic carbocycles. The van der Waals surface area contributed by atoms with Crippen LogP contribution >= 0.6 is 0 Å². The second kappa shape index (κ2) is 12.7. The summed E-state index contributed by atoms with van der Waals surface area (Å²) in [6.45, 7) is 0. The standard InChI is InChI=1S/C52H32N4/c53-32-34-12-20-44(21-13-34)55(46-24-25-48-47-10-4-5-11-49(47)56(50(48)31-46)43-8-2-1-3-9-43)45-22-18-35(19-23-45)41-27-36-14-16-38-29-42(40-7-6-26-54-33-40)30-39-17-15-37(28-41)51(36)52(38)39/h1-31,33H. The van der Waals surface area contributed by atoms with Gasteiger partial charge in [-0.2, -0.15) is 5.26 Å². The van der Waals surface area contributed by atoms with Crippen LogP contribution in [0.5, 0.6) is 0 Å². The van der Waals surface area contributed by atoms with E-state index >= 15 is 0 Å². The Morgan fingerprint density at radius 3 is 1.64 bits per heavy atom. The molecule has 4 heteroatoms. The molecule has 0 amide bonds. The molecule has 0 N–H and O–H groups in total. The van der Waals surface area contributed by atoms with Gasteiger partial charge in [0, 0.05) is 51.5 Å². The van der Waals surface area contributed by atoms with Crippen molar-refractivity contribution in [1.82, 2.24) is 9.55 Å². The molecule has 0 aliphatic carbocycles. The minimum absolute atomic E-state index is 0.631. The van der Waals surface area contributed by atoms with Crippen LogP contribution in [0.1, 0.15) is 5.56 Å².